The molecular formula is C16H21NO3S. The molecule has 0 spiro atoms. The third kappa shape index (κ3) is 4.57. The molecule has 21 heavy (non-hydrogen) atoms. The molecule has 5 heteroatoms. The number of hydrogen-bond acceptors (Lipinski definition) is 4. The second-order valence-corrected chi connectivity index (χ2v) is 6.29. The van der Waals surface area contributed by atoms with E-state index in [1.807, 2.05) is 17.0 Å². The van der Waals surface area contributed by atoms with Crippen LogP contribution in [0.3, 0.4) is 0 Å². The predicted octanol–water partition coefficient (Wildman–Crippen LogP) is 1.72. The molecule has 1 amide bonds. The van der Waals surface area contributed by atoms with Crippen LogP contribution in [-0.4, -0.2) is 47.3 Å². The third-order valence-electron chi connectivity index (χ3n) is 3.61. The number of nitrogens with zero attached hydrogens (tertiary/aromatic N) is 1. The highest BCUT2D eigenvalue weighted by molar-refractivity contribution is 7.14. The van der Waals surface area contributed by atoms with E-state index in [1.54, 1.807) is 0 Å². The van der Waals surface area contributed by atoms with E-state index in [1.165, 1.54) is 11.3 Å². The quantitative estimate of drug-likeness (QED) is 0.833. The van der Waals surface area contributed by atoms with E-state index in [0.29, 0.717) is 17.2 Å². The van der Waals surface area contributed by atoms with E-state index in [2.05, 4.69) is 11.8 Å². The largest absolute Gasteiger partial charge is 0.396 e. The summed E-state index contributed by atoms with van der Waals surface area (Å²) in [6.07, 6.45) is 3.32. The van der Waals surface area contributed by atoms with Crippen LogP contribution in [0.15, 0.2) is 12.1 Å². The number of hydrogen-bond donors (Lipinski definition) is 2. The summed E-state index contributed by atoms with van der Waals surface area (Å²) in [7, 11) is 0. The third-order valence-corrected chi connectivity index (χ3v) is 4.60. The Balaban J connectivity index is 1.98. The average molecular weight is 307 g/mol. The van der Waals surface area contributed by atoms with Gasteiger partial charge >= 0.3 is 0 Å². The van der Waals surface area contributed by atoms with Crippen molar-refractivity contribution in [3.63, 3.8) is 0 Å². The number of piperidine rings is 1. The lowest BCUT2D eigenvalue weighted by Gasteiger charge is -2.32. The maximum Gasteiger partial charge on any atom is 0.263 e. The number of carbonyl (C=O) groups is 1. The van der Waals surface area contributed by atoms with Gasteiger partial charge in [0.2, 0.25) is 0 Å². The van der Waals surface area contributed by atoms with Crippen molar-refractivity contribution in [3.05, 3.63) is 21.9 Å². The zero-order valence-corrected chi connectivity index (χ0v) is 12.9. The normalized spacial score (nSPS) is 18.2. The summed E-state index contributed by atoms with van der Waals surface area (Å²) in [4.78, 5) is 15.9. The Morgan fingerprint density at radius 3 is 3.00 bits per heavy atom. The standard InChI is InChI=1S/C16H21NO3S/c18-10-2-1-5-14-6-7-15(21-14)16(20)17-9-3-4-13(12-17)8-11-19/h6-7,13,18-19H,2-4,8-12H2. The maximum atomic E-state index is 12.5. The summed E-state index contributed by atoms with van der Waals surface area (Å²) in [5, 5.41) is 17.7. The predicted molar refractivity (Wildman–Crippen MR) is 83.2 cm³/mol. The molecular weight excluding hydrogens is 286 g/mol. The van der Waals surface area contributed by atoms with Crippen LogP contribution in [-0.2, 0) is 0 Å². The van der Waals surface area contributed by atoms with Crippen molar-refractivity contribution in [1.29, 1.82) is 0 Å². The van der Waals surface area contributed by atoms with E-state index < -0.39 is 0 Å². The summed E-state index contributed by atoms with van der Waals surface area (Å²) in [5.74, 6) is 6.30. The van der Waals surface area contributed by atoms with Gasteiger partial charge in [0.05, 0.1) is 16.4 Å². The van der Waals surface area contributed by atoms with Gasteiger partial charge in [0.15, 0.2) is 0 Å². The van der Waals surface area contributed by atoms with Crippen LogP contribution < -0.4 is 0 Å². The molecule has 0 radical (unpaired) electrons. The number of likely N-dealkylation sites (tertiary alicyclic amines) is 1. The van der Waals surface area contributed by atoms with Gasteiger partial charge in [-0.15, -0.1) is 11.3 Å². The Labute approximate surface area is 129 Å². The Hall–Kier alpha value is -1.35. The molecule has 1 fully saturated rings. The number of carbonyl (C=O) groups excluding carboxylic acids is 1. The summed E-state index contributed by atoms with van der Waals surface area (Å²) < 4.78 is 0. The topological polar surface area (TPSA) is 60.8 Å². The molecule has 2 heterocycles. The van der Waals surface area contributed by atoms with Crippen LogP contribution in [0, 0.1) is 17.8 Å². The highest BCUT2D eigenvalue weighted by Gasteiger charge is 2.24. The summed E-state index contributed by atoms with van der Waals surface area (Å²) in [6.45, 7) is 1.79. The first-order valence-electron chi connectivity index (χ1n) is 7.34. The van der Waals surface area contributed by atoms with Crippen LogP contribution in [0.25, 0.3) is 0 Å². The molecule has 2 rings (SSSR count). The highest BCUT2D eigenvalue weighted by Crippen LogP contribution is 2.23. The van der Waals surface area contributed by atoms with E-state index >= 15 is 0 Å². The Bertz CT molecular complexity index is 527. The van der Waals surface area contributed by atoms with E-state index in [4.69, 9.17) is 10.2 Å². The minimum Gasteiger partial charge on any atom is -0.396 e. The highest BCUT2D eigenvalue weighted by atomic mass is 32.1. The molecule has 1 aromatic rings. The lowest BCUT2D eigenvalue weighted by Crippen LogP contribution is -2.39. The summed E-state index contributed by atoms with van der Waals surface area (Å²) in [5.41, 5.74) is 0. The minimum atomic E-state index is 0.0597. The van der Waals surface area contributed by atoms with Crippen LogP contribution >= 0.6 is 11.3 Å². The molecule has 0 bridgehead atoms. The molecule has 1 aliphatic heterocycles. The zero-order chi connectivity index (χ0) is 15.1. The zero-order valence-electron chi connectivity index (χ0n) is 12.0. The number of aliphatic hydroxyl groups excluding tert-OH is 2. The first-order valence-corrected chi connectivity index (χ1v) is 8.16. The minimum absolute atomic E-state index is 0.0597. The van der Waals surface area contributed by atoms with Crippen molar-refractivity contribution in [3.8, 4) is 11.8 Å². The number of thiophene rings is 1. The molecule has 0 aromatic carbocycles. The Kier molecular flexibility index (Phi) is 6.24. The summed E-state index contributed by atoms with van der Waals surface area (Å²) in [6, 6.07) is 3.68. The number of aliphatic hydroxyl groups is 2. The second-order valence-electron chi connectivity index (χ2n) is 5.21. The van der Waals surface area contributed by atoms with Gasteiger partial charge in [-0.2, -0.15) is 0 Å². The molecule has 0 saturated carbocycles. The van der Waals surface area contributed by atoms with Crippen molar-refractivity contribution in [1.82, 2.24) is 4.90 Å². The fraction of sp³-hybridized carbons (Fsp3) is 0.562. The molecule has 1 aliphatic rings. The van der Waals surface area contributed by atoms with Crippen LogP contribution in [0.2, 0.25) is 0 Å². The summed E-state index contributed by atoms with van der Waals surface area (Å²) >= 11 is 1.40. The van der Waals surface area contributed by atoms with Gasteiger partial charge in [0, 0.05) is 26.1 Å². The van der Waals surface area contributed by atoms with Crippen molar-refractivity contribution < 1.29 is 15.0 Å². The lowest BCUT2D eigenvalue weighted by atomic mass is 9.95. The molecule has 114 valence electrons. The van der Waals surface area contributed by atoms with Crippen molar-refractivity contribution in [2.45, 2.75) is 25.7 Å². The van der Waals surface area contributed by atoms with Gasteiger partial charge in [-0.1, -0.05) is 11.8 Å². The molecule has 0 aliphatic carbocycles. The molecule has 2 N–H and O–H groups in total. The van der Waals surface area contributed by atoms with Gasteiger partial charge in [-0.25, -0.2) is 0 Å². The van der Waals surface area contributed by atoms with Crippen LogP contribution in [0.1, 0.15) is 40.2 Å². The van der Waals surface area contributed by atoms with Crippen molar-refractivity contribution >= 4 is 17.2 Å². The lowest BCUT2D eigenvalue weighted by molar-refractivity contribution is 0.0658. The molecule has 4 nitrogen and oxygen atoms in total. The average Bonchev–Trinajstić information content (AvgIpc) is 2.96. The number of rotatable bonds is 4. The fourth-order valence-corrected chi connectivity index (χ4v) is 3.40. The molecule has 1 unspecified atom stereocenters. The molecule has 1 atom stereocenters. The van der Waals surface area contributed by atoms with Crippen LogP contribution in [0.5, 0.6) is 0 Å². The van der Waals surface area contributed by atoms with Gasteiger partial charge in [0.1, 0.15) is 0 Å². The maximum absolute atomic E-state index is 12.5. The van der Waals surface area contributed by atoms with E-state index in [-0.39, 0.29) is 19.1 Å². The van der Waals surface area contributed by atoms with Crippen molar-refractivity contribution in [2.75, 3.05) is 26.3 Å². The Morgan fingerprint density at radius 2 is 2.24 bits per heavy atom. The number of amides is 1. The molecule has 1 saturated heterocycles. The van der Waals surface area contributed by atoms with Gasteiger partial charge in [0.25, 0.3) is 5.91 Å². The van der Waals surface area contributed by atoms with Crippen LogP contribution in [0.4, 0.5) is 0 Å². The van der Waals surface area contributed by atoms with E-state index in [0.717, 1.165) is 37.2 Å². The fourth-order valence-electron chi connectivity index (χ4n) is 2.55. The molecule has 1 aromatic heterocycles. The second kappa shape index (κ2) is 8.18. The first kappa shape index (κ1) is 16.0. The van der Waals surface area contributed by atoms with Gasteiger partial charge < -0.3 is 15.1 Å². The monoisotopic (exact) mass is 307 g/mol. The SMILES string of the molecule is O=C(c1ccc(C#CCCO)s1)N1CCCC(CCO)C1. The Morgan fingerprint density at radius 1 is 1.38 bits per heavy atom. The van der Waals surface area contributed by atoms with Crippen molar-refractivity contribution in [2.24, 2.45) is 5.92 Å². The van der Waals surface area contributed by atoms with E-state index in [9.17, 15) is 4.79 Å². The van der Waals surface area contributed by atoms with Gasteiger partial charge in [-0.05, 0) is 37.3 Å². The van der Waals surface area contributed by atoms with Gasteiger partial charge in [-0.3, -0.25) is 4.79 Å². The smallest absolute Gasteiger partial charge is 0.263 e. The first-order chi connectivity index (χ1) is 10.2.